The lowest BCUT2D eigenvalue weighted by atomic mass is 9.46. The summed E-state index contributed by atoms with van der Waals surface area (Å²) in [5, 5.41) is 19.2. The normalized spacial score (nSPS) is 38.0. The number of hydrogen-bond donors (Lipinski definition) is 2. The van der Waals surface area contributed by atoms with Crippen molar-refractivity contribution >= 4 is 5.97 Å². The highest BCUT2D eigenvalue weighted by atomic mass is 16.4. The van der Waals surface area contributed by atoms with Gasteiger partial charge < -0.3 is 10.2 Å². The quantitative estimate of drug-likeness (QED) is 0.576. The first-order valence-electron chi connectivity index (χ1n) is 8.94. The Balaban J connectivity index is 2.27. The molecule has 3 heteroatoms. The lowest BCUT2D eigenvalue weighted by molar-refractivity contribution is -0.131. The number of aliphatic carboxylic acids is 1. The van der Waals surface area contributed by atoms with Crippen LogP contribution in [0.1, 0.15) is 66.2 Å². The van der Waals surface area contributed by atoms with Crippen molar-refractivity contribution < 1.29 is 15.0 Å². The van der Waals surface area contributed by atoms with Gasteiger partial charge in [-0.3, -0.25) is 0 Å². The molecule has 2 aliphatic rings. The molecule has 2 aliphatic carbocycles. The summed E-state index contributed by atoms with van der Waals surface area (Å²) in [6, 6.07) is 0. The molecular weight excluding hydrogens is 288 g/mol. The van der Waals surface area contributed by atoms with Crippen molar-refractivity contribution in [3.05, 3.63) is 23.3 Å². The van der Waals surface area contributed by atoms with E-state index in [2.05, 4.69) is 26.8 Å². The van der Waals surface area contributed by atoms with E-state index in [4.69, 9.17) is 5.11 Å². The number of fused-ring (bicyclic) bond motifs is 1. The third kappa shape index (κ3) is 3.26. The molecule has 0 heterocycles. The molecule has 0 bridgehead atoms. The fourth-order valence-corrected chi connectivity index (χ4v) is 5.18. The minimum absolute atomic E-state index is 0.0517. The molecule has 1 fully saturated rings. The SMILES string of the molecule is CC1=CCC[C@H]2[C@]1(CO)CC[C@@H](C)[C@]2(C)CC/C(C)=C/C(=O)O. The maximum Gasteiger partial charge on any atom is 0.328 e. The Morgan fingerprint density at radius 1 is 1.43 bits per heavy atom. The number of aliphatic hydroxyl groups excluding tert-OH is 1. The molecular formula is C20H32O3. The molecule has 0 radical (unpaired) electrons. The second-order valence-electron chi connectivity index (χ2n) is 8.11. The van der Waals surface area contributed by atoms with Crippen LogP contribution in [-0.4, -0.2) is 22.8 Å². The fourth-order valence-electron chi connectivity index (χ4n) is 5.18. The van der Waals surface area contributed by atoms with Gasteiger partial charge in [0.05, 0.1) is 6.61 Å². The Bertz CT molecular complexity index is 519. The summed E-state index contributed by atoms with van der Waals surface area (Å²) in [6.07, 6.45) is 9.95. The van der Waals surface area contributed by atoms with Crippen molar-refractivity contribution in [2.75, 3.05) is 6.61 Å². The van der Waals surface area contributed by atoms with E-state index in [0.717, 1.165) is 44.1 Å². The molecule has 23 heavy (non-hydrogen) atoms. The van der Waals surface area contributed by atoms with Gasteiger partial charge >= 0.3 is 5.97 Å². The van der Waals surface area contributed by atoms with Crippen molar-refractivity contribution in [3.8, 4) is 0 Å². The van der Waals surface area contributed by atoms with Gasteiger partial charge in [-0.2, -0.15) is 0 Å². The van der Waals surface area contributed by atoms with Gasteiger partial charge in [0.25, 0.3) is 0 Å². The Hall–Kier alpha value is -1.09. The second kappa shape index (κ2) is 6.80. The fraction of sp³-hybridized carbons (Fsp3) is 0.750. The van der Waals surface area contributed by atoms with E-state index >= 15 is 0 Å². The van der Waals surface area contributed by atoms with Crippen LogP contribution in [-0.2, 0) is 4.79 Å². The van der Waals surface area contributed by atoms with Gasteiger partial charge in [-0.05, 0) is 69.6 Å². The van der Waals surface area contributed by atoms with Gasteiger partial charge in [0.1, 0.15) is 0 Å². The van der Waals surface area contributed by atoms with E-state index in [-0.39, 0.29) is 17.4 Å². The van der Waals surface area contributed by atoms with Gasteiger partial charge in [0.15, 0.2) is 0 Å². The molecule has 1 saturated carbocycles. The molecule has 0 aromatic rings. The smallest absolute Gasteiger partial charge is 0.328 e. The molecule has 0 aromatic carbocycles. The van der Waals surface area contributed by atoms with Crippen molar-refractivity contribution in [1.29, 1.82) is 0 Å². The highest BCUT2D eigenvalue weighted by Gasteiger charge is 2.54. The van der Waals surface area contributed by atoms with Crippen LogP contribution in [0.2, 0.25) is 0 Å². The zero-order chi connectivity index (χ0) is 17.3. The summed E-state index contributed by atoms with van der Waals surface area (Å²) >= 11 is 0. The Kier molecular flexibility index (Phi) is 5.40. The van der Waals surface area contributed by atoms with Crippen LogP contribution in [0.25, 0.3) is 0 Å². The molecule has 0 aromatic heterocycles. The third-order valence-corrected chi connectivity index (χ3v) is 7.01. The number of carboxylic acid groups (broad SMARTS) is 1. The number of carboxylic acids is 1. The van der Waals surface area contributed by atoms with Gasteiger partial charge in [0, 0.05) is 11.5 Å². The molecule has 0 unspecified atom stereocenters. The van der Waals surface area contributed by atoms with Crippen molar-refractivity contribution in [2.24, 2.45) is 22.7 Å². The molecule has 130 valence electrons. The number of carbonyl (C=O) groups is 1. The van der Waals surface area contributed by atoms with Crippen LogP contribution >= 0.6 is 0 Å². The van der Waals surface area contributed by atoms with Gasteiger partial charge in [-0.25, -0.2) is 4.79 Å². The summed E-state index contributed by atoms with van der Waals surface area (Å²) < 4.78 is 0. The number of aliphatic hydroxyl groups is 1. The summed E-state index contributed by atoms with van der Waals surface area (Å²) in [7, 11) is 0. The third-order valence-electron chi connectivity index (χ3n) is 7.01. The van der Waals surface area contributed by atoms with Crippen LogP contribution in [0.5, 0.6) is 0 Å². The Morgan fingerprint density at radius 2 is 2.13 bits per heavy atom. The van der Waals surface area contributed by atoms with E-state index in [1.807, 2.05) is 6.92 Å². The molecule has 0 saturated heterocycles. The maximum absolute atomic E-state index is 10.9. The van der Waals surface area contributed by atoms with Gasteiger partial charge in [-0.15, -0.1) is 0 Å². The van der Waals surface area contributed by atoms with Crippen molar-refractivity contribution in [2.45, 2.75) is 66.2 Å². The van der Waals surface area contributed by atoms with E-state index < -0.39 is 5.97 Å². The van der Waals surface area contributed by atoms with Crippen LogP contribution < -0.4 is 0 Å². The van der Waals surface area contributed by atoms with Crippen molar-refractivity contribution in [3.63, 3.8) is 0 Å². The molecule has 0 aliphatic heterocycles. The predicted octanol–water partition coefficient (Wildman–Crippen LogP) is 4.57. The molecule has 4 atom stereocenters. The summed E-state index contributed by atoms with van der Waals surface area (Å²) in [4.78, 5) is 10.9. The molecule has 0 spiro atoms. The monoisotopic (exact) mass is 320 g/mol. The first-order valence-corrected chi connectivity index (χ1v) is 8.94. The van der Waals surface area contributed by atoms with Crippen LogP contribution in [0.15, 0.2) is 23.3 Å². The van der Waals surface area contributed by atoms with Gasteiger partial charge in [-0.1, -0.05) is 31.1 Å². The highest BCUT2D eigenvalue weighted by Crippen LogP contribution is 2.61. The predicted molar refractivity (Wildman–Crippen MR) is 93.1 cm³/mol. The topological polar surface area (TPSA) is 57.5 Å². The zero-order valence-electron chi connectivity index (χ0n) is 15.1. The van der Waals surface area contributed by atoms with Gasteiger partial charge in [0.2, 0.25) is 0 Å². The standard InChI is InChI=1S/C20H32O3/c1-14(12-18(22)23)8-10-19(4)15(2)9-11-20(13-21)16(3)6-5-7-17(19)20/h6,12,15,17,21H,5,7-11,13H2,1-4H3,(H,22,23)/b14-12+/t15-,17-,19+,20+/m1/s1. The largest absolute Gasteiger partial charge is 0.478 e. The first kappa shape index (κ1) is 18.3. The minimum Gasteiger partial charge on any atom is -0.478 e. The number of rotatable bonds is 5. The molecule has 0 amide bonds. The summed E-state index contributed by atoms with van der Waals surface area (Å²) in [5.41, 5.74) is 2.41. The van der Waals surface area contributed by atoms with Crippen LogP contribution in [0.3, 0.4) is 0 Å². The first-order chi connectivity index (χ1) is 10.8. The number of hydrogen-bond acceptors (Lipinski definition) is 2. The van der Waals surface area contributed by atoms with Crippen molar-refractivity contribution in [1.82, 2.24) is 0 Å². The Labute approximate surface area is 140 Å². The van der Waals surface area contributed by atoms with E-state index in [9.17, 15) is 9.90 Å². The highest BCUT2D eigenvalue weighted by molar-refractivity contribution is 5.80. The molecule has 2 rings (SSSR count). The minimum atomic E-state index is -0.856. The summed E-state index contributed by atoms with van der Waals surface area (Å²) in [5.74, 6) is 0.243. The Morgan fingerprint density at radius 3 is 2.74 bits per heavy atom. The molecule has 2 N–H and O–H groups in total. The van der Waals surface area contributed by atoms with Crippen LogP contribution in [0, 0.1) is 22.7 Å². The lowest BCUT2D eigenvalue weighted by Gasteiger charge is -2.58. The summed E-state index contributed by atoms with van der Waals surface area (Å²) in [6.45, 7) is 9.06. The van der Waals surface area contributed by atoms with E-state index in [1.165, 1.54) is 11.6 Å². The number of allylic oxidation sites excluding steroid dienone is 2. The maximum atomic E-state index is 10.9. The van der Waals surface area contributed by atoms with Crippen LogP contribution in [0.4, 0.5) is 0 Å². The second-order valence-corrected chi connectivity index (χ2v) is 8.11. The zero-order valence-corrected chi connectivity index (χ0v) is 15.1. The van der Waals surface area contributed by atoms with E-state index in [1.54, 1.807) is 0 Å². The average Bonchev–Trinajstić information content (AvgIpc) is 2.49. The average molecular weight is 320 g/mol. The van der Waals surface area contributed by atoms with E-state index in [0.29, 0.717) is 11.8 Å². The molecule has 3 nitrogen and oxygen atoms in total. The lowest BCUT2D eigenvalue weighted by Crippen LogP contribution is -2.52.